The van der Waals surface area contributed by atoms with Crippen LogP contribution >= 0.6 is 11.6 Å². The zero-order valence-corrected chi connectivity index (χ0v) is 10.5. The predicted octanol–water partition coefficient (Wildman–Crippen LogP) is 2.49. The van der Waals surface area contributed by atoms with Gasteiger partial charge in [-0.15, -0.1) is 0 Å². The Kier molecular flexibility index (Phi) is 3.61. The topological polar surface area (TPSA) is 55.6 Å². The van der Waals surface area contributed by atoms with Gasteiger partial charge in [0.15, 0.2) is 5.69 Å². The van der Waals surface area contributed by atoms with Gasteiger partial charge in [-0.3, -0.25) is 0 Å². The van der Waals surface area contributed by atoms with Crippen LogP contribution in [0.25, 0.3) is 0 Å². The van der Waals surface area contributed by atoms with Crippen LogP contribution in [0.3, 0.4) is 0 Å². The molecule has 2 heterocycles. The average molecular weight is 292 g/mol. The Labute approximate surface area is 111 Å². The van der Waals surface area contributed by atoms with Gasteiger partial charge < -0.3 is 9.88 Å². The molecule has 19 heavy (non-hydrogen) atoms. The van der Waals surface area contributed by atoms with Gasteiger partial charge in [-0.1, -0.05) is 0 Å². The SMILES string of the molecule is Cn1ccnc1CNc1cc(C(F)(F)F)nc(Cl)n1. The first-order valence-corrected chi connectivity index (χ1v) is 5.56. The number of halogens is 4. The van der Waals surface area contributed by atoms with Crippen LogP contribution in [0.5, 0.6) is 0 Å². The van der Waals surface area contributed by atoms with Gasteiger partial charge in [0.2, 0.25) is 5.28 Å². The number of imidazole rings is 1. The van der Waals surface area contributed by atoms with Crippen molar-refractivity contribution in [3.05, 3.63) is 35.3 Å². The first kappa shape index (κ1) is 13.6. The van der Waals surface area contributed by atoms with Gasteiger partial charge in [0.1, 0.15) is 11.6 Å². The monoisotopic (exact) mass is 291 g/mol. The van der Waals surface area contributed by atoms with Crippen molar-refractivity contribution in [3.8, 4) is 0 Å². The Bertz CT molecular complexity index is 581. The molecule has 5 nitrogen and oxygen atoms in total. The standard InChI is InChI=1S/C10H9ClF3N5/c1-19-3-2-15-8(19)5-16-7-4-6(10(12,13)14)17-9(11)18-7/h2-4H,5H2,1H3,(H,16,17,18). The van der Waals surface area contributed by atoms with Crippen molar-refractivity contribution in [2.45, 2.75) is 12.7 Å². The normalized spacial score (nSPS) is 11.6. The van der Waals surface area contributed by atoms with Gasteiger partial charge in [0.05, 0.1) is 6.54 Å². The highest BCUT2D eigenvalue weighted by Gasteiger charge is 2.33. The predicted molar refractivity (Wildman–Crippen MR) is 62.6 cm³/mol. The number of nitrogens with zero attached hydrogens (tertiary/aromatic N) is 4. The summed E-state index contributed by atoms with van der Waals surface area (Å²) in [4.78, 5) is 10.8. The molecule has 0 aliphatic rings. The Balaban J connectivity index is 2.17. The van der Waals surface area contributed by atoms with Crippen LogP contribution in [0.4, 0.5) is 19.0 Å². The summed E-state index contributed by atoms with van der Waals surface area (Å²) in [5.41, 5.74) is -1.09. The number of nitrogens with one attached hydrogen (secondary N) is 1. The Morgan fingerprint density at radius 1 is 1.37 bits per heavy atom. The van der Waals surface area contributed by atoms with Gasteiger partial charge in [-0.25, -0.2) is 15.0 Å². The number of rotatable bonds is 3. The van der Waals surface area contributed by atoms with Crippen LogP contribution in [0.1, 0.15) is 11.5 Å². The van der Waals surface area contributed by atoms with Crippen molar-refractivity contribution >= 4 is 17.4 Å². The molecular formula is C10H9ClF3N5. The third-order valence-electron chi connectivity index (χ3n) is 2.34. The summed E-state index contributed by atoms with van der Waals surface area (Å²) in [6.45, 7) is 0.230. The van der Waals surface area contributed by atoms with Crippen LogP contribution in [-0.2, 0) is 19.8 Å². The van der Waals surface area contributed by atoms with Crippen LogP contribution in [0.15, 0.2) is 18.5 Å². The van der Waals surface area contributed by atoms with E-state index in [1.54, 1.807) is 24.0 Å². The fourth-order valence-electron chi connectivity index (χ4n) is 1.39. The summed E-state index contributed by atoms with van der Waals surface area (Å²) in [6.07, 6.45) is -1.25. The highest BCUT2D eigenvalue weighted by molar-refractivity contribution is 6.28. The largest absolute Gasteiger partial charge is 0.433 e. The van der Waals surface area contributed by atoms with E-state index < -0.39 is 17.2 Å². The number of aryl methyl sites for hydroxylation is 1. The maximum absolute atomic E-state index is 12.5. The molecule has 2 aromatic rings. The number of aromatic nitrogens is 4. The number of hydrogen-bond donors (Lipinski definition) is 1. The van der Waals surface area contributed by atoms with Crippen molar-refractivity contribution in [1.82, 2.24) is 19.5 Å². The lowest BCUT2D eigenvalue weighted by Gasteiger charge is -2.09. The Morgan fingerprint density at radius 3 is 2.68 bits per heavy atom. The summed E-state index contributed by atoms with van der Waals surface area (Å²) in [5, 5.41) is 2.26. The maximum Gasteiger partial charge on any atom is 0.433 e. The van der Waals surface area contributed by atoms with E-state index in [1.165, 1.54) is 0 Å². The summed E-state index contributed by atoms with van der Waals surface area (Å²) in [5.74, 6) is 0.651. The Hall–Kier alpha value is -1.83. The minimum Gasteiger partial charge on any atom is -0.363 e. The number of hydrogen-bond acceptors (Lipinski definition) is 4. The molecule has 1 N–H and O–H groups in total. The van der Waals surface area contributed by atoms with Gasteiger partial charge in [-0.2, -0.15) is 13.2 Å². The lowest BCUT2D eigenvalue weighted by atomic mass is 10.4. The molecule has 2 rings (SSSR count). The van der Waals surface area contributed by atoms with E-state index in [2.05, 4.69) is 20.3 Å². The summed E-state index contributed by atoms with van der Waals surface area (Å²) in [7, 11) is 1.78. The molecule has 2 aromatic heterocycles. The molecule has 0 atom stereocenters. The molecule has 0 aromatic carbocycles. The quantitative estimate of drug-likeness (QED) is 0.883. The van der Waals surface area contributed by atoms with Crippen LogP contribution in [0.2, 0.25) is 5.28 Å². The first-order chi connectivity index (χ1) is 8.86. The molecule has 0 saturated carbocycles. The fraction of sp³-hybridized carbons (Fsp3) is 0.300. The van der Waals surface area contributed by atoms with Crippen molar-refractivity contribution in [3.63, 3.8) is 0 Å². The van der Waals surface area contributed by atoms with Crippen molar-refractivity contribution in [2.75, 3.05) is 5.32 Å². The van der Waals surface area contributed by atoms with Crippen molar-refractivity contribution < 1.29 is 13.2 Å². The summed E-state index contributed by atoms with van der Waals surface area (Å²) >= 11 is 5.46. The van der Waals surface area contributed by atoms with E-state index >= 15 is 0 Å². The van der Waals surface area contributed by atoms with Crippen molar-refractivity contribution in [2.24, 2.45) is 7.05 Å². The molecule has 0 bridgehead atoms. The zero-order valence-electron chi connectivity index (χ0n) is 9.74. The zero-order chi connectivity index (χ0) is 14.0. The fourth-order valence-corrected chi connectivity index (χ4v) is 1.57. The summed E-state index contributed by atoms with van der Waals surface area (Å²) in [6, 6.07) is 0.800. The van der Waals surface area contributed by atoms with Gasteiger partial charge in [0.25, 0.3) is 0 Å². The molecule has 0 radical (unpaired) electrons. The van der Waals surface area contributed by atoms with E-state index in [4.69, 9.17) is 11.6 Å². The average Bonchev–Trinajstić information content (AvgIpc) is 2.70. The van der Waals surface area contributed by atoms with E-state index in [-0.39, 0.29) is 12.4 Å². The van der Waals surface area contributed by atoms with E-state index in [0.717, 1.165) is 6.07 Å². The molecule has 0 aliphatic heterocycles. The van der Waals surface area contributed by atoms with Crippen LogP contribution in [-0.4, -0.2) is 19.5 Å². The lowest BCUT2D eigenvalue weighted by molar-refractivity contribution is -0.141. The van der Waals surface area contributed by atoms with Gasteiger partial charge in [-0.05, 0) is 11.6 Å². The second kappa shape index (κ2) is 5.04. The Morgan fingerprint density at radius 2 is 2.11 bits per heavy atom. The molecule has 0 spiro atoms. The minimum atomic E-state index is -4.56. The molecular weight excluding hydrogens is 283 g/mol. The number of anilines is 1. The molecule has 102 valence electrons. The third-order valence-corrected chi connectivity index (χ3v) is 2.51. The second-order valence-electron chi connectivity index (χ2n) is 3.71. The molecule has 0 unspecified atom stereocenters. The first-order valence-electron chi connectivity index (χ1n) is 5.18. The minimum absolute atomic E-state index is 0.00433. The highest BCUT2D eigenvalue weighted by Crippen LogP contribution is 2.29. The van der Waals surface area contributed by atoms with Crippen LogP contribution in [0, 0.1) is 0 Å². The van der Waals surface area contributed by atoms with Crippen molar-refractivity contribution in [1.29, 1.82) is 0 Å². The van der Waals surface area contributed by atoms with E-state index in [9.17, 15) is 13.2 Å². The summed E-state index contributed by atoms with van der Waals surface area (Å²) < 4.78 is 39.3. The molecule has 0 aliphatic carbocycles. The van der Waals surface area contributed by atoms with Gasteiger partial charge in [0, 0.05) is 25.5 Å². The molecule has 9 heteroatoms. The second-order valence-corrected chi connectivity index (χ2v) is 4.05. The highest BCUT2D eigenvalue weighted by atomic mass is 35.5. The van der Waals surface area contributed by atoms with Crippen LogP contribution < -0.4 is 5.32 Å². The maximum atomic E-state index is 12.5. The molecule has 0 amide bonds. The smallest absolute Gasteiger partial charge is 0.363 e. The van der Waals surface area contributed by atoms with E-state index in [1.807, 2.05) is 0 Å². The molecule has 0 fully saturated rings. The third kappa shape index (κ3) is 3.34. The lowest BCUT2D eigenvalue weighted by Crippen LogP contribution is -2.12. The molecule has 0 saturated heterocycles. The van der Waals surface area contributed by atoms with E-state index in [0.29, 0.717) is 5.82 Å². The van der Waals surface area contributed by atoms with Gasteiger partial charge >= 0.3 is 6.18 Å². The number of alkyl halides is 3.